The monoisotopic (exact) mass is 310 g/mol. The molecule has 2 unspecified atom stereocenters. The molecule has 1 N–H and O–H groups in total. The van der Waals surface area contributed by atoms with Crippen LogP contribution in [0.25, 0.3) is 0 Å². The molecule has 1 heterocycles. The lowest BCUT2D eigenvalue weighted by atomic mass is 10.1. The number of rotatable bonds is 7. The van der Waals surface area contributed by atoms with Crippen molar-refractivity contribution in [1.82, 2.24) is 10.2 Å². The van der Waals surface area contributed by atoms with E-state index in [1.165, 1.54) is 25.7 Å². The third-order valence-corrected chi connectivity index (χ3v) is 5.07. The highest BCUT2D eigenvalue weighted by atomic mass is 16.5. The maximum atomic E-state index is 12.0. The third-order valence-electron chi connectivity index (χ3n) is 5.07. The minimum atomic E-state index is -0.0913. The van der Waals surface area contributed by atoms with Gasteiger partial charge in [0.25, 0.3) is 0 Å². The second kappa shape index (κ2) is 8.30. The highest BCUT2D eigenvalue weighted by molar-refractivity contribution is 5.76. The van der Waals surface area contributed by atoms with Gasteiger partial charge in [0.2, 0.25) is 0 Å². The highest BCUT2D eigenvalue weighted by Gasteiger charge is 2.31. The maximum absolute atomic E-state index is 12.0. The molecule has 0 amide bonds. The minimum Gasteiger partial charge on any atom is -0.462 e. The molecule has 4 heteroatoms. The smallest absolute Gasteiger partial charge is 0.323 e. The zero-order valence-electron chi connectivity index (χ0n) is 14.8. The molecule has 2 rings (SSSR count). The third kappa shape index (κ3) is 4.95. The van der Waals surface area contributed by atoms with Crippen LogP contribution in [-0.2, 0) is 9.53 Å². The summed E-state index contributed by atoms with van der Waals surface area (Å²) in [5, 5.41) is 3.48. The van der Waals surface area contributed by atoms with E-state index in [9.17, 15) is 4.79 Å². The van der Waals surface area contributed by atoms with Crippen LogP contribution in [0.15, 0.2) is 0 Å². The fourth-order valence-electron chi connectivity index (χ4n) is 3.95. The van der Waals surface area contributed by atoms with Gasteiger partial charge >= 0.3 is 5.97 Å². The van der Waals surface area contributed by atoms with E-state index in [2.05, 4.69) is 24.1 Å². The number of esters is 1. The van der Waals surface area contributed by atoms with Crippen molar-refractivity contribution in [3.63, 3.8) is 0 Å². The molecule has 0 aromatic heterocycles. The van der Waals surface area contributed by atoms with E-state index >= 15 is 0 Å². The normalized spacial score (nSPS) is 26.5. The molecule has 0 aromatic rings. The molecule has 2 fully saturated rings. The second-order valence-corrected chi connectivity index (χ2v) is 7.54. The first-order chi connectivity index (χ1) is 10.5. The number of carbonyl (C=O) groups is 1. The van der Waals surface area contributed by atoms with Crippen LogP contribution in [-0.4, -0.2) is 47.7 Å². The summed E-state index contributed by atoms with van der Waals surface area (Å²) in [7, 11) is 0. The highest BCUT2D eigenvalue weighted by Crippen LogP contribution is 2.26. The van der Waals surface area contributed by atoms with E-state index in [1.807, 2.05) is 13.8 Å². The molecule has 4 nitrogen and oxygen atoms in total. The molecule has 0 bridgehead atoms. The van der Waals surface area contributed by atoms with Crippen LogP contribution in [0.5, 0.6) is 0 Å². The Bertz CT molecular complexity index is 351. The topological polar surface area (TPSA) is 41.6 Å². The predicted octanol–water partition coefficient (Wildman–Crippen LogP) is 3.10. The standard InChI is InChI=1S/C18H34N2O2/c1-13(2)20(16-7-5-6-8-16)12-11-15-9-10-17(19-15)18(21)22-14(3)4/h13-17,19H,5-12H2,1-4H3. The predicted molar refractivity (Wildman–Crippen MR) is 89.9 cm³/mol. The van der Waals surface area contributed by atoms with Gasteiger partial charge in [-0.3, -0.25) is 9.69 Å². The van der Waals surface area contributed by atoms with E-state index in [0.717, 1.165) is 31.8 Å². The average Bonchev–Trinajstić information content (AvgIpc) is 3.08. The summed E-state index contributed by atoms with van der Waals surface area (Å²) in [4.78, 5) is 14.6. The van der Waals surface area contributed by atoms with Crippen molar-refractivity contribution < 1.29 is 9.53 Å². The Labute approximate surface area is 136 Å². The Morgan fingerprint density at radius 3 is 2.41 bits per heavy atom. The van der Waals surface area contributed by atoms with Crippen molar-refractivity contribution in [2.24, 2.45) is 0 Å². The quantitative estimate of drug-likeness (QED) is 0.734. The summed E-state index contributed by atoms with van der Waals surface area (Å²) in [5.74, 6) is -0.0750. The van der Waals surface area contributed by atoms with Gasteiger partial charge in [-0.25, -0.2) is 0 Å². The van der Waals surface area contributed by atoms with Gasteiger partial charge in [-0.05, 0) is 59.8 Å². The van der Waals surface area contributed by atoms with Gasteiger partial charge in [0.15, 0.2) is 0 Å². The van der Waals surface area contributed by atoms with Gasteiger partial charge in [0.05, 0.1) is 6.10 Å². The van der Waals surface area contributed by atoms with Crippen molar-refractivity contribution in [3.8, 4) is 0 Å². The van der Waals surface area contributed by atoms with Crippen molar-refractivity contribution in [2.75, 3.05) is 6.54 Å². The summed E-state index contributed by atoms with van der Waals surface area (Å²) < 4.78 is 5.32. The largest absolute Gasteiger partial charge is 0.462 e. The number of hydrogen-bond donors (Lipinski definition) is 1. The summed E-state index contributed by atoms with van der Waals surface area (Å²) in [5.41, 5.74) is 0. The number of carbonyl (C=O) groups excluding carboxylic acids is 1. The van der Waals surface area contributed by atoms with Gasteiger partial charge in [0, 0.05) is 24.7 Å². The van der Waals surface area contributed by atoms with Crippen molar-refractivity contribution in [1.29, 1.82) is 0 Å². The molecule has 22 heavy (non-hydrogen) atoms. The molecule has 0 aromatic carbocycles. The van der Waals surface area contributed by atoms with Crippen LogP contribution in [0.3, 0.4) is 0 Å². The molecular weight excluding hydrogens is 276 g/mol. The van der Waals surface area contributed by atoms with Crippen molar-refractivity contribution >= 4 is 5.97 Å². The Morgan fingerprint density at radius 2 is 1.82 bits per heavy atom. The van der Waals surface area contributed by atoms with Crippen molar-refractivity contribution in [2.45, 2.75) is 103 Å². The first-order valence-corrected chi connectivity index (χ1v) is 9.19. The molecule has 0 radical (unpaired) electrons. The lowest BCUT2D eigenvalue weighted by molar-refractivity contribution is -0.149. The van der Waals surface area contributed by atoms with Gasteiger partial charge in [-0.2, -0.15) is 0 Å². The second-order valence-electron chi connectivity index (χ2n) is 7.54. The van der Waals surface area contributed by atoms with E-state index in [4.69, 9.17) is 4.74 Å². The Hall–Kier alpha value is -0.610. The fraction of sp³-hybridized carbons (Fsp3) is 0.944. The zero-order valence-corrected chi connectivity index (χ0v) is 14.8. The SMILES string of the molecule is CC(C)OC(=O)C1CCC(CCN(C(C)C)C2CCCC2)N1. The summed E-state index contributed by atoms with van der Waals surface area (Å²) in [6, 6.07) is 1.77. The zero-order chi connectivity index (χ0) is 16.1. The van der Waals surface area contributed by atoms with Crippen LogP contribution < -0.4 is 5.32 Å². The van der Waals surface area contributed by atoms with Gasteiger partial charge in [0.1, 0.15) is 6.04 Å². The van der Waals surface area contributed by atoms with Crippen LogP contribution in [0.1, 0.15) is 72.6 Å². The van der Waals surface area contributed by atoms with Crippen LogP contribution in [0.4, 0.5) is 0 Å². The van der Waals surface area contributed by atoms with Crippen LogP contribution in [0.2, 0.25) is 0 Å². The molecule has 1 saturated carbocycles. The van der Waals surface area contributed by atoms with Gasteiger partial charge in [-0.1, -0.05) is 12.8 Å². The molecule has 2 aliphatic rings. The Morgan fingerprint density at radius 1 is 1.14 bits per heavy atom. The number of hydrogen-bond acceptors (Lipinski definition) is 4. The maximum Gasteiger partial charge on any atom is 0.323 e. The number of nitrogens with one attached hydrogen (secondary N) is 1. The lowest BCUT2D eigenvalue weighted by Crippen LogP contribution is -2.43. The number of nitrogens with zero attached hydrogens (tertiary/aromatic N) is 1. The molecule has 1 aliphatic carbocycles. The fourth-order valence-corrected chi connectivity index (χ4v) is 3.95. The molecule has 1 aliphatic heterocycles. The Kier molecular flexibility index (Phi) is 6.69. The molecule has 128 valence electrons. The average molecular weight is 310 g/mol. The van der Waals surface area contributed by atoms with E-state index < -0.39 is 0 Å². The van der Waals surface area contributed by atoms with Gasteiger partial charge < -0.3 is 10.1 Å². The lowest BCUT2D eigenvalue weighted by Gasteiger charge is -2.33. The van der Waals surface area contributed by atoms with E-state index in [0.29, 0.717) is 12.1 Å². The van der Waals surface area contributed by atoms with Crippen molar-refractivity contribution in [3.05, 3.63) is 0 Å². The van der Waals surface area contributed by atoms with Gasteiger partial charge in [-0.15, -0.1) is 0 Å². The number of ether oxygens (including phenoxy) is 1. The first-order valence-electron chi connectivity index (χ1n) is 9.19. The van der Waals surface area contributed by atoms with Crippen LogP contribution >= 0.6 is 0 Å². The first kappa shape index (κ1) is 17.7. The Balaban J connectivity index is 1.75. The molecular formula is C18H34N2O2. The van der Waals surface area contributed by atoms with Crippen LogP contribution in [0, 0.1) is 0 Å². The van der Waals surface area contributed by atoms with E-state index in [1.54, 1.807) is 0 Å². The molecule has 0 spiro atoms. The summed E-state index contributed by atoms with van der Waals surface area (Å²) in [6.45, 7) is 9.58. The summed E-state index contributed by atoms with van der Waals surface area (Å²) in [6.07, 6.45) is 8.62. The minimum absolute atomic E-state index is 0.0212. The molecule has 2 atom stereocenters. The summed E-state index contributed by atoms with van der Waals surface area (Å²) >= 11 is 0. The molecule has 1 saturated heterocycles. The van der Waals surface area contributed by atoms with E-state index in [-0.39, 0.29) is 18.1 Å².